The quantitative estimate of drug-likeness (QED) is 0.373. The normalized spacial score (nSPS) is 18.8. The van der Waals surface area contributed by atoms with Crippen molar-refractivity contribution in [1.29, 1.82) is 0 Å². The molecule has 0 radical (unpaired) electrons. The number of aryl methyl sites for hydroxylation is 1. The highest BCUT2D eigenvalue weighted by atomic mass is 35.5. The van der Waals surface area contributed by atoms with Gasteiger partial charge in [0.15, 0.2) is 0 Å². The molecule has 0 saturated heterocycles. The van der Waals surface area contributed by atoms with Crippen LogP contribution in [0.15, 0.2) is 47.6 Å². The van der Waals surface area contributed by atoms with Crippen molar-refractivity contribution in [2.24, 2.45) is 11.0 Å². The maximum atomic E-state index is 12.2. The van der Waals surface area contributed by atoms with Gasteiger partial charge in [0.25, 0.3) is 0 Å². The van der Waals surface area contributed by atoms with Gasteiger partial charge in [-0.1, -0.05) is 49.1 Å². The lowest BCUT2D eigenvalue weighted by atomic mass is 9.86. The summed E-state index contributed by atoms with van der Waals surface area (Å²) in [6, 6.07) is 13.4. The van der Waals surface area contributed by atoms with Crippen LogP contribution >= 0.6 is 11.6 Å². The molecule has 7 heteroatoms. The van der Waals surface area contributed by atoms with Gasteiger partial charge in [0.2, 0.25) is 0 Å². The predicted molar refractivity (Wildman–Crippen MR) is 121 cm³/mol. The molecule has 30 heavy (non-hydrogen) atoms. The van der Waals surface area contributed by atoms with Gasteiger partial charge in [0, 0.05) is 28.0 Å². The Morgan fingerprint density at radius 3 is 2.53 bits per heavy atom. The van der Waals surface area contributed by atoms with Crippen molar-refractivity contribution in [3.63, 3.8) is 0 Å². The average molecular weight is 427 g/mol. The summed E-state index contributed by atoms with van der Waals surface area (Å²) in [6.07, 6.45) is 5.68. The van der Waals surface area contributed by atoms with E-state index in [1.54, 1.807) is 12.1 Å². The van der Waals surface area contributed by atoms with Crippen molar-refractivity contribution in [3.05, 3.63) is 58.6 Å². The fraction of sp³-hybridized carbons (Fsp3) is 0.348. The topological polar surface area (TPSA) is 82.6 Å². The number of carbonyl (C=O) groups is 2. The molecule has 0 aromatic heterocycles. The van der Waals surface area contributed by atoms with Crippen LogP contribution in [0.4, 0.5) is 11.4 Å². The number of carbonyl (C=O) groups excluding carboxylic acids is 2. The van der Waals surface area contributed by atoms with Crippen molar-refractivity contribution in [3.8, 4) is 0 Å². The summed E-state index contributed by atoms with van der Waals surface area (Å²) < 4.78 is 0. The second kappa shape index (κ2) is 10.3. The van der Waals surface area contributed by atoms with Crippen LogP contribution in [0, 0.1) is 12.8 Å². The second-order valence-electron chi connectivity index (χ2n) is 7.76. The second-order valence-corrected chi connectivity index (χ2v) is 8.20. The van der Waals surface area contributed by atoms with E-state index in [1.807, 2.05) is 37.3 Å². The van der Waals surface area contributed by atoms with Crippen molar-refractivity contribution in [2.75, 3.05) is 5.32 Å². The number of nitrogens with zero attached hydrogens (tertiary/aromatic N) is 1. The van der Waals surface area contributed by atoms with Gasteiger partial charge in [-0.05, 0) is 56.0 Å². The predicted octanol–water partition coefficient (Wildman–Crippen LogP) is 4.54. The molecule has 1 fully saturated rings. The molecule has 1 saturated carbocycles. The first-order valence-electron chi connectivity index (χ1n) is 10.2. The molecule has 6 nitrogen and oxygen atoms in total. The summed E-state index contributed by atoms with van der Waals surface area (Å²) >= 11 is 6.11. The van der Waals surface area contributed by atoms with E-state index in [1.165, 1.54) is 18.2 Å². The highest BCUT2D eigenvalue weighted by Crippen LogP contribution is 2.24. The zero-order chi connectivity index (χ0) is 21.5. The Hall–Kier alpha value is -2.86. The Kier molecular flexibility index (Phi) is 7.46. The molecule has 158 valence electrons. The number of nitrogens with one attached hydrogen (secondary N) is 3. The molecule has 2 aromatic rings. The summed E-state index contributed by atoms with van der Waals surface area (Å²) in [4.78, 5) is 24.3. The Labute approximate surface area is 182 Å². The van der Waals surface area contributed by atoms with Gasteiger partial charge in [0.1, 0.15) is 0 Å². The third-order valence-electron chi connectivity index (χ3n) is 5.35. The smallest absolute Gasteiger partial charge is 0.329 e. The van der Waals surface area contributed by atoms with Gasteiger partial charge in [0.05, 0.1) is 6.21 Å². The molecular weight excluding hydrogens is 400 g/mol. The summed E-state index contributed by atoms with van der Waals surface area (Å²) in [5, 5.41) is 10.6. The molecule has 2 aromatic carbocycles. The van der Waals surface area contributed by atoms with Crippen LogP contribution in [-0.2, 0) is 9.59 Å². The van der Waals surface area contributed by atoms with Crippen molar-refractivity contribution < 1.29 is 9.59 Å². The summed E-state index contributed by atoms with van der Waals surface area (Å²) in [6.45, 7) is 4.12. The fourth-order valence-electron chi connectivity index (χ4n) is 3.52. The average Bonchev–Trinajstić information content (AvgIpc) is 2.73. The molecule has 0 unspecified atom stereocenters. The molecule has 1 aliphatic carbocycles. The van der Waals surface area contributed by atoms with Crippen LogP contribution in [0.2, 0.25) is 5.02 Å². The minimum atomic E-state index is -0.779. The molecule has 1 aliphatic rings. The molecule has 3 N–H and O–H groups in total. The molecule has 3 rings (SSSR count). The maximum Gasteiger partial charge on any atom is 0.329 e. The number of hydrogen-bond acceptors (Lipinski definition) is 4. The lowest BCUT2D eigenvalue weighted by Crippen LogP contribution is -2.46. The van der Waals surface area contributed by atoms with Gasteiger partial charge < -0.3 is 10.6 Å². The van der Waals surface area contributed by atoms with Gasteiger partial charge in [-0.3, -0.25) is 9.59 Å². The molecule has 0 spiro atoms. The Bertz CT molecular complexity index is 927. The van der Waals surface area contributed by atoms with Crippen molar-refractivity contribution in [2.45, 2.75) is 45.6 Å². The molecule has 0 bridgehead atoms. The fourth-order valence-corrected chi connectivity index (χ4v) is 3.70. The Morgan fingerprint density at radius 2 is 1.80 bits per heavy atom. The Morgan fingerprint density at radius 1 is 1.07 bits per heavy atom. The van der Waals surface area contributed by atoms with Gasteiger partial charge >= 0.3 is 11.8 Å². The number of benzene rings is 2. The van der Waals surface area contributed by atoms with Gasteiger partial charge in [-0.2, -0.15) is 5.10 Å². The highest BCUT2D eigenvalue weighted by Gasteiger charge is 2.25. The van der Waals surface area contributed by atoms with Crippen LogP contribution in [0.3, 0.4) is 0 Å². The van der Waals surface area contributed by atoms with E-state index in [0.717, 1.165) is 30.6 Å². The van der Waals surface area contributed by atoms with E-state index in [9.17, 15) is 9.59 Å². The van der Waals surface area contributed by atoms with E-state index < -0.39 is 11.8 Å². The van der Waals surface area contributed by atoms with Crippen LogP contribution in [0.25, 0.3) is 0 Å². The lowest BCUT2D eigenvalue weighted by Gasteiger charge is -2.29. The third kappa shape index (κ3) is 6.07. The number of anilines is 2. The van der Waals surface area contributed by atoms with Crippen LogP contribution < -0.4 is 16.1 Å². The number of halogens is 1. The molecule has 2 atom stereocenters. The van der Waals surface area contributed by atoms with E-state index >= 15 is 0 Å². The zero-order valence-corrected chi connectivity index (χ0v) is 18.0. The first kappa shape index (κ1) is 21.8. The van der Waals surface area contributed by atoms with Gasteiger partial charge in [-0.15, -0.1) is 0 Å². The molecule has 0 heterocycles. The minimum absolute atomic E-state index is 0.0409. The molecular formula is C23H27ClN4O2. The zero-order valence-electron chi connectivity index (χ0n) is 17.2. The van der Waals surface area contributed by atoms with Crippen LogP contribution in [0.5, 0.6) is 0 Å². The SMILES string of the molecule is Cc1ccc(Nc2ccc(Cl)cc2/C=N\NC(=O)C(=O)N[C@H]2CCCC[C@H]2C)cc1. The van der Waals surface area contributed by atoms with E-state index in [4.69, 9.17) is 11.6 Å². The maximum absolute atomic E-state index is 12.2. The standard InChI is InChI=1S/C23H27ClN4O2/c1-15-7-10-19(11-8-15)26-21-12-9-18(24)13-17(21)14-25-28-23(30)22(29)27-20-6-4-3-5-16(20)2/h7-14,16,20,26H,3-6H2,1-2H3,(H,27,29)(H,28,30)/b25-14-/t16-,20+/m1/s1. The van der Waals surface area contributed by atoms with E-state index in [-0.39, 0.29) is 6.04 Å². The summed E-state index contributed by atoms with van der Waals surface area (Å²) in [5.74, 6) is -1.06. The highest BCUT2D eigenvalue weighted by molar-refractivity contribution is 6.35. The summed E-state index contributed by atoms with van der Waals surface area (Å²) in [7, 11) is 0. The van der Waals surface area contributed by atoms with Crippen molar-refractivity contribution >= 4 is 41.0 Å². The van der Waals surface area contributed by atoms with Gasteiger partial charge in [-0.25, -0.2) is 5.43 Å². The first-order chi connectivity index (χ1) is 14.4. The van der Waals surface area contributed by atoms with E-state index in [0.29, 0.717) is 16.5 Å². The number of hydrazone groups is 1. The number of rotatable bonds is 5. The van der Waals surface area contributed by atoms with Crippen LogP contribution in [0.1, 0.15) is 43.7 Å². The summed E-state index contributed by atoms with van der Waals surface area (Å²) in [5.41, 5.74) is 5.85. The monoisotopic (exact) mass is 426 g/mol. The number of amides is 2. The van der Waals surface area contributed by atoms with E-state index in [2.05, 4.69) is 28.1 Å². The van der Waals surface area contributed by atoms with Crippen LogP contribution in [-0.4, -0.2) is 24.1 Å². The number of hydrogen-bond donors (Lipinski definition) is 3. The first-order valence-corrected chi connectivity index (χ1v) is 10.6. The largest absolute Gasteiger partial charge is 0.355 e. The third-order valence-corrected chi connectivity index (χ3v) is 5.58. The Balaban J connectivity index is 1.62. The lowest BCUT2D eigenvalue weighted by molar-refractivity contribution is -0.139. The molecule has 2 amide bonds. The van der Waals surface area contributed by atoms with Crippen molar-refractivity contribution in [1.82, 2.24) is 10.7 Å². The molecule has 0 aliphatic heterocycles. The minimum Gasteiger partial charge on any atom is -0.355 e.